The fourth-order valence-electron chi connectivity index (χ4n) is 2.62. The van der Waals surface area contributed by atoms with Gasteiger partial charge < -0.3 is 4.74 Å². The van der Waals surface area contributed by atoms with E-state index in [-0.39, 0.29) is 0 Å². The Morgan fingerprint density at radius 1 is 1.25 bits per heavy atom. The maximum atomic E-state index is 11.9. The smallest absolute Gasteiger partial charge is 0.373 e. The molecule has 6 heteroatoms. The van der Waals surface area contributed by atoms with E-state index < -0.39 is 18.2 Å². The van der Waals surface area contributed by atoms with Crippen LogP contribution in [0.2, 0.25) is 0 Å². The number of hydrogen-bond acceptors (Lipinski definition) is 3. The number of carbonyl (C=O) groups is 1. The van der Waals surface area contributed by atoms with Gasteiger partial charge in [-0.2, -0.15) is 0 Å². The summed E-state index contributed by atoms with van der Waals surface area (Å²) in [7, 11) is 0. The van der Waals surface area contributed by atoms with E-state index in [1.165, 1.54) is 0 Å². The molecule has 0 spiro atoms. The summed E-state index contributed by atoms with van der Waals surface area (Å²) in [5.74, 6) is -1.74. The van der Waals surface area contributed by atoms with Crippen molar-refractivity contribution < 1.29 is 22.7 Å². The SMILES string of the molecule is O=C(OC(F)(F)F)C1CCC2CCCN2C1. The lowest BCUT2D eigenvalue weighted by atomic mass is 9.93. The van der Waals surface area contributed by atoms with Crippen LogP contribution in [0.1, 0.15) is 25.7 Å². The van der Waals surface area contributed by atoms with E-state index in [0.717, 1.165) is 25.8 Å². The summed E-state index contributed by atoms with van der Waals surface area (Å²) in [6.07, 6.45) is -1.36. The van der Waals surface area contributed by atoms with Gasteiger partial charge in [0.1, 0.15) is 0 Å². The van der Waals surface area contributed by atoms with Crippen molar-refractivity contribution >= 4 is 5.97 Å². The monoisotopic (exact) mass is 237 g/mol. The molecule has 16 heavy (non-hydrogen) atoms. The molecule has 2 rings (SSSR count). The average molecular weight is 237 g/mol. The van der Waals surface area contributed by atoms with Crippen LogP contribution >= 0.6 is 0 Å². The zero-order valence-corrected chi connectivity index (χ0v) is 8.79. The molecular formula is C10H14F3NO2. The van der Waals surface area contributed by atoms with Gasteiger partial charge in [0.15, 0.2) is 0 Å². The lowest BCUT2D eigenvalue weighted by molar-refractivity contribution is -0.308. The number of halogens is 3. The molecule has 2 atom stereocenters. The third-order valence-corrected chi connectivity index (χ3v) is 3.35. The molecule has 2 aliphatic rings. The van der Waals surface area contributed by atoms with E-state index >= 15 is 0 Å². The fourth-order valence-corrected chi connectivity index (χ4v) is 2.62. The number of rotatable bonds is 1. The third-order valence-electron chi connectivity index (χ3n) is 3.35. The quantitative estimate of drug-likeness (QED) is 0.652. The molecule has 3 nitrogen and oxygen atoms in total. The summed E-state index contributed by atoms with van der Waals surface area (Å²) in [6.45, 7) is 1.31. The minimum atomic E-state index is -4.85. The summed E-state index contributed by atoms with van der Waals surface area (Å²) in [6, 6.07) is 0.468. The Morgan fingerprint density at radius 3 is 2.69 bits per heavy atom. The predicted octanol–water partition coefficient (Wildman–Crippen LogP) is 1.92. The normalized spacial score (nSPS) is 31.2. The molecule has 2 fully saturated rings. The van der Waals surface area contributed by atoms with Crippen LogP contribution in [0.3, 0.4) is 0 Å². The number of carbonyl (C=O) groups excluding carboxylic acids is 1. The van der Waals surface area contributed by atoms with Gasteiger partial charge in [0.2, 0.25) is 0 Å². The Morgan fingerprint density at radius 2 is 2.00 bits per heavy atom. The molecule has 0 aromatic carbocycles. The van der Waals surface area contributed by atoms with Crippen molar-refractivity contribution in [2.75, 3.05) is 13.1 Å². The van der Waals surface area contributed by atoms with Crippen molar-refractivity contribution in [2.45, 2.75) is 38.1 Å². The Kier molecular flexibility index (Phi) is 3.10. The van der Waals surface area contributed by atoms with Crippen LogP contribution in [0, 0.1) is 5.92 Å². The molecule has 2 saturated heterocycles. The van der Waals surface area contributed by atoms with E-state index in [0.29, 0.717) is 19.0 Å². The molecular weight excluding hydrogens is 223 g/mol. The van der Waals surface area contributed by atoms with Gasteiger partial charge in [0, 0.05) is 12.6 Å². The molecule has 0 aliphatic carbocycles. The Bertz CT molecular complexity index is 280. The summed E-state index contributed by atoms with van der Waals surface area (Å²) >= 11 is 0. The van der Waals surface area contributed by atoms with Crippen LogP contribution in [0.15, 0.2) is 0 Å². The molecule has 0 aromatic heterocycles. The number of piperidine rings is 1. The van der Waals surface area contributed by atoms with Gasteiger partial charge in [-0.05, 0) is 32.2 Å². The number of nitrogens with zero attached hydrogens (tertiary/aromatic N) is 1. The van der Waals surface area contributed by atoms with Crippen molar-refractivity contribution in [3.8, 4) is 0 Å². The van der Waals surface area contributed by atoms with Gasteiger partial charge in [0.05, 0.1) is 5.92 Å². The second-order valence-electron chi connectivity index (χ2n) is 4.43. The van der Waals surface area contributed by atoms with Crippen molar-refractivity contribution in [3.63, 3.8) is 0 Å². The fraction of sp³-hybridized carbons (Fsp3) is 0.900. The van der Waals surface area contributed by atoms with Gasteiger partial charge >= 0.3 is 12.3 Å². The number of hydrogen-bond donors (Lipinski definition) is 0. The highest BCUT2D eigenvalue weighted by Gasteiger charge is 2.40. The lowest BCUT2D eigenvalue weighted by Gasteiger charge is -2.33. The van der Waals surface area contributed by atoms with Crippen LogP contribution in [0.5, 0.6) is 0 Å². The lowest BCUT2D eigenvalue weighted by Crippen LogP contribution is -2.43. The molecule has 0 saturated carbocycles. The number of alkyl halides is 3. The number of fused-ring (bicyclic) bond motifs is 1. The van der Waals surface area contributed by atoms with Crippen LogP contribution < -0.4 is 0 Å². The Labute approximate surface area is 91.5 Å². The van der Waals surface area contributed by atoms with Crippen LogP contribution in [0.4, 0.5) is 13.2 Å². The maximum absolute atomic E-state index is 11.9. The molecule has 2 unspecified atom stereocenters. The van der Waals surface area contributed by atoms with Gasteiger partial charge in [-0.1, -0.05) is 0 Å². The van der Waals surface area contributed by atoms with Crippen molar-refractivity contribution in [2.24, 2.45) is 5.92 Å². The topological polar surface area (TPSA) is 29.5 Å². The average Bonchev–Trinajstić information content (AvgIpc) is 2.61. The van der Waals surface area contributed by atoms with Gasteiger partial charge in [0.25, 0.3) is 0 Å². The van der Waals surface area contributed by atoms with E-state index in [2.05, 4.69) is 9.64 Å². The molecule has 0 radical (unpaired) electrons. The molecule has 0 amide bonds. The summed E-state index contributed by atoms with van der Waals surface area (Å²) in [5, 5.41) is 0. The largest absolute Gasteiger partial charge is 0.575 e. The molecule has 0 N–H and O–H groups in total. The first-order valence-electron chi connectivity index (χ1n) is 5.49. The zero-order chi connectivity index (χ0) is 11.8. The second-order valence-corrected chi connectivity index (χ2v) is 4.43. The molecule has 0 aromatic rings. The Balaban J connectivity index is 1.89. The highest BCUT2D eigenvalue weighted by molar-refractivity contribution is 5.73. The molecule has 2 aliphatic heterocycles. The van der Waals surface area contributed by atoms with E-state index in [4.69, 9.17) is 0 Å². The molecule has 2 heterocycles. The van der Waals surface area contributed by atoms with Gasteiger partial charge in [-0.25, -0.2) is 0 Å². The van der Waals surface area contributed by atoms with Crippen LogP contribution in [-0.2, 0) is 9.53 Å². The molecule has 92 valence electrons. The first-order valence-corrected chi connectivity index (χ1v) is 5.49. The first kappa shape index (κ1) is 11.7. The van der Waals surface area contributed by atoms with E-state index in [1.807, 2.05) is 0 Å². The predicted molar refractivity (Wildman–Crippen MR) is 49.5 cm³/mol. The summed E-state index contributed by atoms with van der Waals surface area (Å²) in [4.78, 5) is 13.3. The van der Waals surface area contributed by atoms with Crippen molar-refractivity contribution in [3.05, 3.63) is 0 Å². The van der Waals surface area contributed by atoms with Crippen LogP contribution in [0.25, 0.3) is 0 Å². The molecule has 0 bridgehead atoms. The van der Waals surface area contributed by atoms with Crippen molar-refractivity contribution in [1.29, 1.82) is 0 Å². The number of ether oxygens (including phenoxy) is 1. The van der Waals surface area contributed by atoms with Crippen LogP contribution in [-0.4, -0.2) is 36.4 Å². The van der Waals surface area contributed by atoms with Gasteiger partial charge in [-0.15, -0.1) is 13.2 Å². The highest BCUT2D eigenvalue weighted by atomic mass is 19.4. The Hall–Kier alpha value is -0.780. The minimum absolute atomic E-state index is 0.416. The maximum Gasteiger partial charge on any atom is 0.575 e. The van der Waals surface area contributed by atoms with E-state index in [9.17, 15) is 18.0 Å². The van der Waals surface area contributed by atoms with Crippen molar-refractivity contribution in [1.82, 2.24) is 4.90 Å². The third kappa shape index (κ3) is 2.66. The van der Waals surface area contributed by atoms with Gasteiger partial charge in [-0.3, -0.25) is 9.69 Å². The number of esters is 1. The highest BCUT2D eigenvalue weighted by Crippen LogP contribution is 2.31. The van der Waals surface area contributed by atoms with E-state index in [1.54, 1.807) is 0 Å². The zero-order valence-electron chi connectivity index (χ0n) is 8.79. The summed E-state index contributed by atoms with van der Waals surface area (Å²) in [5.41, 5.74) is 0. The second kappa shape index (κ2) is 4.24. The first-order chi connectivity index (χ1) is 7.46. The minimum Gasteiger partial charge on any atom is -0.373 e. The standard InChI is InChI=1S/C10H14F3NO2/c11-10(12,13)16-9(15)7-3-4-8-2-1-5-14(8)6-7/h7-8H,1-6H2. The summed E-state index contributed by atoms with van der Waals surface area (Å²) < 4.78 is 39.1.